The van der Waals surface area contributed by atoms with Gasteiger partial charge in [0.05, 0.1) is 22.6 Å². The van der Waals surface area contributed by atoms with Gasteiger partial charge in [0.25, 0.3) is 0 Å². The summed E-state index contributed by atoms with van der Waals surface area (Å²) in [5.74, 6) is 0.698. The highest BCUT2D eigenvalue weighted by Crippen LogP contribution is 2.30. The van der Waals surface area contributed by atoms with Crippen molar-refractivity contribution in [3.8, 4) is 5.75 Å². The number of benzene rings is 2. The summed E-state index contributed by atoms with van der Waals surface area (Å²) in [6.45, 7) is 3.25. The van der Waals surface area contributed by atoms with Crippen LogP contribution in [0.25, 0.3) is 10.2 Å². The SMILES string of the molecule is COc1ccc(NC(=O)Nc2ccc3nc(S(=O)(=O)C(C)C)sc3c2)cc1. The summed E-state index contributed by atoms with van der Waals surface area (Å²) in [5.41, 5.74) is 1.75. The van der Waals surface area contributed by atoms with E-state index in [0.717, 1.165) is 11.3 Å². The van der Waals surface area contributed by atoms with Crippen LogP contribution in [0.2, 0.25) is 0 Å². The number of hydrogen-bond donors (Lipinski definition) is 2. The Bertz CT molecular complexity index is 1070. The minimum atomic E-state index is -3.42. The summed E-state index contributed by atoms with van der Waals surface area (Å²) in [5, 5.41) is 4.91. The maximum Gasteiger partial charge on any atom is 0.323 e. The largest absolute Gasteiger partial charge is 0.497 e. The van der Waals surface area contributed by atoms with Crippen molar-refractivity contribution < 1.29 is 17.9 Å². The number of fused-ring (bicyclic) bond motifs is 1. The average Bonchev–Trinajstić information content (AvgIpc) is 3.06. The quantitative estimate of drug-likeness (QED) is 0.665. The van der Waals surface area contributed by atoms with Crippen LogP contribution in [0.1, 0.15) is 13.8 Å². The summed E-state index contributed by atoms with van der Waals surface area (Å²) in [4.78, 5) is 16.4. The smallest absolute Gasteiger partial charge is 0.323 e. The lowest BCUT2D eigenvalue weighted by atomic mass is 10.3. The number of carbonyl (C=O) groups is 1. The average molecular weight is 406 g/mol. The molecule has 3 aromatic rings. The van der Waals surface area contributed by atoms with E-state index in [9.17, 15) is 13.2 Å². The molecule has 2 aromatic carbocycles. The number of sulfone groups is 1. The van der Waals surface area contributed by atoms with E-state index < -0.39 is 21.1 Å². The van der Waals surface area contributed by atoms with Gasteiger partial charge in [-0.15, -0.1) is 11.3 Å². The van der Waals surface area contributed by atoms with Crippen molar-refractivity contribution in [3.05, 3.63) is 42.5 Å². The third-order valence-corrected chi connectivity index (χ3v) is 7.42. The third kappa shape index (κ3) is 4.20. The molecule has 142 valence electrons. The van der Waals surface area contributed by atoms with E-state index in [1.54, 1.807) is 63.4 Å². The number of nitrogens with one attached hydrogen (secondary N) is 2. The third-order valence-electron chi connectivity index (χ3n) is 3.84. The van der Waals surface area contributed by atoms with Gasteiger partial charge in [-0.25, -0.2) is 18.2 Å². The van der Waals surface area contributed by atoms with Gasteiger partial charge in [0.2, 0.25) is 14.2 Å². The van der Waals surface area contributed by atoms with Gasteiger partial charge < -0.3 is 15.4 Å². The molecule has 0 fully saturated rings. The first-order valence-electron chi connectivity index (χ1n) is 8.16. The molecule has 0 saturated carbocycles. The number of hydrogen-bond acceptors (Lipinski definition) is 6. The molecule has 0 bridgehead atoms. The highest BCUT2D eigenvalue weighted by atomic mass is 32.2. The number of methoxy groups -OCH3 is 1. The number of carbonyl (C=O) groups excluding carboxylic acids is 1. The summed E-state index contributed by atoms with van der Waals surface area (Å²) >= 11 is 1.10. The standard InChI is InChI=1S/C18H19N3O4S2/c1-11(2)27(23,24)18-21-15-9-6-13(10-16(15)26-18)20-17(22)19-12-4-7-14(25-3)8-5-12/h4-11H,1-3H3,(H2,19,20,22). The summed E-state index contributed by atoms with van der Waals surface area (Å²) < 4.78 is 30.4. The fraction of sp³-hybridized carbons (Fsp3) is 0.222. The summed E-state index contributed by atoms with van der Waals surface area (Å²) in [7, 11) is -1.85. The van der Waals surface area contributed by atoms with E-state index in [1.807, 2.05) is 0 Å². The fourth-order valence-electron chi connectivity index (χ4n) is 2.27. The lowest BCUT2D eigenvalue weighted by Crippen LogP contribution is -2.19. The summed E-state index contributed by atoms with van der Waals surface area (Å²) in [6, 6.07) is 11.6. The van der Waals surface area contributed by atoms with Crippen molar-refractivity contribution in [3.63, 3.8) is 0 Å². The number of thiazole rings is 1. The van der Waals surface area contributed by atoms with Gasteiger partial charge in [0.15, 0.2) is 0 Å². The molecule has 0 radical (unpaired) electrons. The zero-order valence-corrected chi connectivity index (χ0v) is 16.6. The molecular weight excluding hydrogens is 386 g/mol. The molecule has 0 unspecified atom stereocenters. The molecule has 7 nitrogen and oxygen atoms in total. The van der Waals surface area contributed by atoms with Crippen LogP contribution in [0.4, 0.5) is 16.2 Å². The number of amides is 2. The van der Waals surface area contributed by atoms with E-state index in [1.165, 1.54) is 0 Å². The predicted molar refractivity (Wildman–Crippen MR) is 108 cm³/mol. The van der Waals surface area contributed by atoms with E-state index >= 15 is 0 Å². The number of nitrogens with zero attached hydrogens (tertiary/aromatic N) is 1. The van der Waals surface area contributed by atoms with Crippen LogP contribution in [-0.4, -0.2) is 31.8 Å². The van der Waals surface area contributed by atoms with Gasteiger partial charge >= 0.3 is 6.03 Å². The van der Waals surface area contributed by atoms with E-state index in [2.05, 4.69) is 15.6 Å². The normalized spacial score (nSPS) is 11.6. The van der Waals surface area contributed by atoms with Crippen molar-refractivity contribution in [2.75, 3.05) is 17.7 Å². The van der Waals surface area contributed by atoms with Gasteiger partial charge in [0.1, 0.15) is 5.75 Å². The Morgan fingerprint density at radius 2 is 1.70 bits per heavy atom. The molecule has 27 heavy (non-hydrogen) atoms. The number of rotatable bonds is 5. The highest BCUT2D eigenvalue weighted by Gasteiger charge is 2.23. The van der Waals surface area contributed by atoms with Gasteiger partial charge in [-0.3, -0.25) is 0 Å². The van der Waals surface area contributed by atoms with Gasteiger partial charge in [0, 0.05) is 11.4 Å². The van der Waals surface area contributed by atoms with Crippen molar-refractivity contribution in [2.45, 2.75) is 23.4 Å². The molecule has 0 saturated heterocycles. The monoisotopic (exact) mass is 405 g/mol. The predicted octanol–water partition coefficient (Wildman–Crippen LogP) is 4.13. The molecule has 3 rings (SSSR count). The van der Waals surface area contributed by atoms with Crippen LogP contribution in [0, 0.1) is 0 Å². The van der Waals surface area contributed by atoms with Crippen LogP contribution < -0.4 is 15.4 Å². The Morgan fingerprint density at radius 1 is 1.07 bits per heavy atom. The Balaban J connectivity index is 1.75. The van der Waals surface area contributed by atoms with Crippen LogP contribution in [0.3, 0.4) is 0 Å². The number of ether oxygens (including phenoxy) is 1. The minimum Gasteiger partial charge on any atom is -0.497 e. The highest BCUT2D eigenvalue weighted by molar-refractivity contribution is 7.94. The van der Waals surface area contributed by atoms with E-state index in [4.69, 9.17) is 4.74 Å². The molecule has 0 atom stereocenters. The second-order valence-electron chi connectivity index (χ2n) is 6.06. The molecule has 9 heteroatoms. The molecule has 2 N–H and O–H groups in total. The van der Waals surface area contributed by atoms with E-state index in [-0.39, 0.29) is 4.34 Å². The Hall–Kier alpha value is -2.65. The van der Waals surface area contributed by atoms with Crippen molar-refractivity contribution in [1.29, 1.82) is 0 Å². The number of aromatic nitrogens is 1. The Kier molecular flexibility index (Phi) is 5.33. The van der Waals surface area contributed by atoms with Crippen LogP contribution >= 0.6 is 11.3 Å². The van der Waals surface area contributed by atoms with Crippen LogP contribution in [0.15, 0.2) is 46.8 Å². The molecular formula is C18H19N3O4S2. The minimum absolute atomic E-state index is 0.0901. The van der Waals surface area contributed by atoms with Crippen molar-refractivity contribution in [2.24, 2.45) is 0 Å². The molecule has 0 aliphatic carbocycles. The first kappa shape index (κ1) is 19.1. The molecule has 2 amide bonds. The molecule has 0 aliphatic rings. The van der Waals surface area contributed by atoms with Crippen molar-refractivity contribution >= 4 is 48.8 Å². The van der Waals surface area contributed by atoms with E-state index in [0.29, 0.717) is 27.3 Å². The van der Waals surface area contributed by atoms with Crippen molar-refractivity contribution in [1.82, 2.24) is 4.98 Å². The molecule has 1 aromatic heterocycles. The maximum atomic E-state index is 12.3. The second-order valence-corrected chi connectivity index (χ2v) is 9.77. The molecule has 0 spiro atoms. The van der Waals surface area contributed by atoms with Gasteiger partial charge in [-0.2, -0.15) is 0 Å². The first-order valence-corrected chi connectivity index (χ1v) is 10.5. The van der Waals surface area contributed by atoms with Crippen LogP contribution in [0.5, 0.6) is 5.75 Å². The first-order chi connectivity index (χ1) is 12.8. The topological polar surface area (TPSA) is 97.4 Å². The van der Waals surface area contributed by atoms with Gasteiger partial charge in [-0.1, -0.05) is 0 Å². The zero-order valence-electron chi connectivity index (χ0n) is 15.0. The fourth-order valence-corrected chi connectivity index (χ4v) is 4.95. The lowest BCUT2D eigenvalue weighted by Gasteiger charge is -2.08. The number of urea groups is 1. The second kappa shape index (κ2) is 7.53. The Labute approximate surface area is 161 Å². The molecule has 1 heterocycles. The van der Waals surface area contributed by atoms with Crippen LogP contribution in [-0.2, 0) is 9.84 Å². The maximum absolute atomic E-state index is 12.3. The van der Waals surface area contributed by atoms with Gasteiger partial charge in [-0.05, 0) is 56.3 Å². The summed E-state index contributed by atoms with van der Waals surface area (Å²) in [6.07, 6.45) is 0. The zero-order chi connectivity index (χ0) is 19.6. The lowest BCUT2D eigenvalue weighted by molar-refractivity contribution is 0.262. The number of anilines is 2. The molecule has 0 aliphatic heterocycles. The Morgan fingerprint density at radius 3 is 2.33 bits per heavy atom.